The molecule has 4 heteroatoms. The van der Waals surface area contributed by atoms with E-state index in [-0.39, 0.29) is 16.3 Å². The summed E-state index contributed by atoms with van der Waals surface area (Å²) in [5.41, 5.74) is 2.61. The van der Waals surface area contributed by atoms with Crippen LogP contribution in [0.1, 0.15) is 10.4 Å². The molecule has 0 aliphatic carbocycles. The lowest BCUT2D eigenvalue weighted by Crippen LogP contribution is -1.94. The van der Waals surface area contributed by atoms with Crippen LogP contribution < -0.4 is 0 Å². The van der Waals surface area contributed by atoms with Crippen molar-refractivity contribution in [2.45, 2.75) is 0 Å². The van der Waals surface area contributed by atoms with Crippen LogP contribution in [0.5, 0.6) is 5.75 Å². The highest BCUT2D eigenvalue weighted by Crippen LogP contribution is 2.23. The molecule has 0 aliphatic rings. The van der Waals surface area contributed by atoms with Crippen molar-refractivity contribution in [1.82, 2.24) is 0 Å². The standard InChI is InChI=1S/C12H10.C7H5ClO3/c1-3-7-11(8-4-1)12-9-5-2-6-10-12;8-5-3-4(7(10)11)1-2-6(5)9/h1-10H;1-3,9H,(H,10,11). The van der Waals surface area contributed by atoms with Gasteiger partial charge in [-0.05, 0) is 29.3 Å². The zero-order valence-electron chi connectivity index (χ0n) is 12.2. The number of phenols is 1. The molecule has 0 heterocycles. The van der Waals surface area contributed by atoms with Crippen LogP contribution in [0.15, 0.2) is 78.9 Å². The fraction of sp³-hybridized carbons (Fsp3) is 0. The average Bonchev–Trinajstić information content (AvgIpc) is 2.59. The van der Waals surface area contributed by atoms with Crippen molar-refractivity contribution in [3.63, 3.8) is 0 Å². The van der Waals surface area contributed by atoms with Gasteiger partial charge in [0.15, 0.2) is 0 Å². The maximum absolute atomic E-state index is 10.3. The molecular formula is C19H15ClO3. The highest BCUT2D eigenvalue weighted by molar-refractivity contribution is 6.32. The first kappa shape index (κ1) is 16.6. The minimum atomic E-state index is -1.06. The zero-order valence-corrected chi connectivity index (χ0v) is 12.9. The van der Waals surface area contributed by atoms with Crippen molar-refractivity contribution in [2.24, 2.45) is 0 Å². The van der Waals surface area contributed by atoms with Gasteiger partial charge >= 0.3 is 5.97 Å². The van der Waals surface area contributed by atoms with Gasteiger partial charge in [-0.15, -0.1) is 0 Å². The fourth-order valence-electron chi connectivity index (χ4n) is 1.90. The van der Waals surface area contributed by atoms with E-state index in [4.69, 9.17) is 21.8 Å². The summed E-state index contributed by atoms with van der Waals surface area (Å²) in [6.45, 7) is 0. The summed E-state index contributed by atoms with van der Waals surface area (Å²) in [5, 5.41) is 17.4. The third-order valence-electron chi connectivity index (χ3n) is 3.08. The van der Waals surface area contributed by atoms with Gasteiger partial charge in [-0.25, -0.2) is 4.79 Å². The smallest absolute Gasteiger partial charge is 0.335 e. The van der Waals surface area contributed by atoms with Crippen molar-refractivity contribution in [3.05, 3.63) is 89.4 Å². The zero-order chi connectivity index (χ0) is 16.7. The summed E-state index contributed by atoms with van der Waals surface area (Å²) in [4.78, 5) is 10.3. The SMILES string of the molecule is O=C(O)c1ccc(O)c(Cl)c1.c1ccc(-c2ccccc2)cc1. The summed E-state index contributed by atoms with van der Waals surface area (Å²) >= 11 is 5.44. The molecule has 0 saturated carbocycles. The van der Waals surface area contributed by atoms with E-state index in [9.17, 15) is 4.79 Å². The Hall–Kier alpha value is -2.78. The third kappa shape index (κ3) is 4.87. The Morgan fingerprint density at radius 2 is 1.26 bits per heavy atom. The summed E-state index contributed by atoms with van der Waals surface area (Å²) < 4.78 is 0. The molecule has 0 unspecified atom stereocenters. The Labute approximate surface area is 139 Å². The van der Waals surface area contributed by atoms with E-state index in [0.29, 0.717) is 0 Å². The number of rotatable bonds is 2. The molecule has 0 fully saturated rings. The van der Waals surface area contributed by atoms with Crippen LogP contribution in [0, 0.1) is 0 Å². The number of benzene rings is 3. The van der Waals surface area contributed by atoms with Crippen LogP contribution in [0.2, 0.25) is 5.02 Å². The number of phenolic OH excluding ortho intramolecular Hbond substituents is 1. The molecule has 0 aliphatic heterocycles. The molecule has 0 aromatic heterocycles. The summed E-state index contributed by atoms with van der Waals surface area (Å²) in [7, 11) is 0. The number of hydrogen-bond donors (Lipinski definition) is 2. The molecule has 0 radical (unpaired) electrons. The van der Waals surface area contributed by atoms with Crippen LogP contribution in [-0.4, -0.2) is 16.2 Å². The Bertz CT molecular complexity index is 734. The van der Waals surface area contributed by atoms with Crippen LogP contribution in [0.3, 0.4) is 0 Å². The highest BCUT2D eigenvalue weighted by Gasteiger charge is 2.04. The molecule has 3 aromatic rings. The minimum Gasteiger partial charge on any atom is -0.506 e. The van der Waals surface area contributed by atoms with E-state index >= 15 is 0 Å². The monoisotopic (exact) mass is 326 g/mol. The van der Waals surface area contributed by atoms with Gasteiger partial charge < -0.3 is 10.2 Å². The predicted octanol–water partition coefficient (Wildman–Crippen LogP) is 5.10. The summed E-state index contributed by atoms with van der Waals surface area (Å²) in [6, 6.07) is 24.5. The van der Waals surface area contributed by atoms with Crippen molar-refractivity contribution < 1.29 is 15.0 Å². The van der Waals surface area contributed by atoms with Crippen LogP contribution in [-0.2, 0) is 0 Å². The minimum absolute atomic E-state index is 0.0462. The van der Waals surface area contributed by atoms with Crippen molar-refractivity contribution in [2.75, 3.05) is 0 Å². The van der Waals surface area contributed by atoms with Gasteiger partial charge in [-0.1, -0.05) is 72.3 Å². The lowest BCUT2D eigenvalue weighted by atomic mass is 10.1. The van der Waals surface area contributed by atoms with E-state index in [1.165, 1.54) is 29.3 Å². The molecule has 0 spiro atoms. The van der Waals surface area contributed by atoms with Gasteiger partial charge in [0.2, 0.25) is 0 Å². The van der Waals surface area contributed by atoms with Crippen molar-refractivity contribution in [3.8, 4) is 16.9 Å². The molecular weight excluding hydrogens is 312 g/mol. The average molecular weight is 327 g/mol. The molecule has 0 amide bonds. The second-order valence-corrected chi connectivity index (χ2v) is 5.11. The topological polar surface area (TPSA) is 57.5 Å². The van der Waals surface area contributed by atoms with Gasteiger partial charge in [0.05, 0.1) is 10.6 Å². The normalized spacial score (nSPS) is 9.61. The molecule has 0 saturated heterocycles. The van der Waals surface area contributed by atoms with Gasteiger partial charge in [0.1, 0.15) is 5.75 Å². The van der Waals surface area contributed by atoms with Gasteiger partial charge in [0, 0.05) is 0 Å². The summed E-state index contributed by atoms with van der Waals surface area (Å²) in [6.07, 6.45) is 0. The Morgan fingerprint density at radius 1 is 0.783 bits per heavy atom. The van der Waals surface area contributed by atoms with E-state index in [0.717, 1.165) is 0 Å². The van der Waals surface area contributed by atoms with Crippen LogP contribution >= 0.6 is 11.6 Å². The van der Waals surface area contributed by atoms with Gasteiger partial charge in [-0.2, -0.15) is 0 Å². The largest absolute Gasteiger partial charge is 0.506 e. The number of aromatic hydroxyl groups is 1. The first-order valence-electron chi connectivity index (χ1n) is 6.90. The van der Waals surface area contributed by atoms with Gasteiger partial charge in [-0.3, -0.25) is 0 Å². The number of carboxylic acid groups (broad SMARTS) is 1. The Kier molecular flexibility index (Phi) is 5.78. The van der Waals surface area contributed by atoms with Crippen LogP contribution in [0.25, 0.3) is 11.1 Å². The highest BCUT2D eigenvalue weighted by atomic mass is 35.5. The first-order chi connectivity index (χ1) is 11.1. The fourth-order valence-corrected chi connectivity index (χ4v) is 2.08. The number of carboxylic acids is 1. The summed E-state index contributed by atoms with van der Waals surface area (Å²) in [5.74, 6) is -1.18. The lowest BCUT2D eigenvalue weighted by molar-refractivity contribution is 0.0697. The van der Waals surface area contributed by atoms with E-state index in [1.54, 1.807) is 0 Å². The van der Waals surface area contributed by atoms with E-state index in [2.05, 4.69) is 48.5 Å². The molecule has 3 rings (SSSR count). The Morgan fingerprint density at radius 3 is 1.65 bits per heavy atom. The van der Waals surface area contributed by atoms with Crippen molar-refractivity contribution in [1.29, 1.82) is 0 Å². The second-order valence-electron chi connectivity index (χ2n) is 4.70. The molecule has 23 heavy (non-hydrogen) atoms. The maximum atomic E-state index is 10.3. The third-order valence-corrected chi connectivity index (χ3v) is 3.38. The number of halogens is 1. The van der Waals surface area contributed by atoms with E-state index < -0.39 is 5.97 Å². The van der Waals surface area contributed by atoms with Crippen molar-refractivity contribution >= 4 is 17.6 Å². The second kappa shape index (κ2) is 8.01. The lowest BCUT2D eigenvalue weighted by Gasteiger charge is -1.98. The molecule has 0 atom stereocenters. The van der Waals surface area contributed by atoms with Gasteiger partial charge in [0.25, 0.3) is 0 Å². The molecule has 116 valence electrons. The predicted molar refractivity (Wildman–Crippen MR) is 92.0 cm³/mol. The van der Waals surface area contributed by atoms with Crippen LogP contribution in [0.4, 0.5) is 0 Å². The molecule has 3 aromatic carbocycles. The quantitative estimate of drug-likeness (QED) is 0.689. The first-order valence-corrected chi connectivity index (χ1v) is 7.28. The van der Waals surface area contributed by atoms with E-state index in [1.807, 2.05) is 12.1 Å². The molecule has 3 nitrogen and oxygen atoms in total. The number of carbonyl (C=O) groups is 1. The Balaban J connectivity index is 0.000000168. The molecule has 0 bridgehead atoms. The maximum Gasteiger partial charge on any atom is 0.335 e. The molecule has 2 N–H and O–H groups in total. The number of hydrogen-bond acceptors (Lipinski definition) is 2. The number of aromatic carboxylic acids is 1.